The van der Waals surface area contributed by atoms with Gasteiger partial charge in [-0.1, -0.05) is 63.4 Å². The van der Waals surface area contributed by atoms with E-state index < -0.39 is 0 Å². The van der Waals surface area contributed by atoms with Crippen LogP contribution in [-0.4, -0.2) is 0 Å². The van der Waals surface area contributed by atoms with E-state index in [1.807, 2.05) is 6.07 Å². The Hall–Kier alpha value is -0.310. The number of benzene rings is 2. The summed E-state index contributed by atoms with van der Waals surface area (Å²) in [7, 11) is 0. The molecular weight excluding hydrogens is 375 g/mol. The first-order chi connectivity index (χ1) is 8.56. The highest BCUT2D eigenvalue weighted by atomic mass is 79.9. The summed E-state index contributed by atoms with van der Waals surface area (Å²) in [4.78, 5) is 0.300. The van der Waals surface area contributed by atoms with Crippen molar-refractivity contribution in [3.05, 3.63) is 68.7 Å². The highest BCUT2D eigenvalue weighted by Crippen LogP contribution is 2.32. The van der Waals surface area contributed by atoms with Gasteiger partial charge in [0.05, 0.1) is 5.02 Å². The number of rotatable bonds is 3. The third-order valence-corrected chi connectivity index (χ3v) is 4.91. The molecule has 0 spiro atoms. The second kappa shape index (κ2) is 6.23. The molecule has 0 amide bonds. The van der Waals surface area contributed by atoms with E-state index in [-0.39, 0.29) is 0 Å². The first-order valence-electron chi connectivity index (χ1n) is 5.71. The van der Waals surface area contributed by atoms with Crippen LogP contribution in [0.1, 0.15) is 21.5 Å². The smallest absolute Gasteiger partial charge is 0.0548 e. The number of halogens is 3. The maximum absolute atomic E-state index is 6.00. The standard InChI is InChI=1S/C15H13Br2Cl/c1-10-2-4-11(5-3-10)8-13(16)12-6-7-15(18)14(17)9-12/h2-7,9,13H,8H2,1H3. The van der Waals surface area contributed by atoms with Gasteiger partial charge < -0.3 is 0 Å². The summed E-state index contributed by atoms with van der Waals surface area (Å²) in [5.41, 5.74) is 3.85. The Morgan fingerprint density at radius 2 is 1.78 bits per heavy atom. The Morgan fingerprint density at radius 3 is 2.39 bits per heavy atom. The third kappa shape index (κ3) is 3.59. The van der Waals surface area contributed by atoms with Crippen molar-refractivity contribution in [1.29, 1.82) is 0 Å². The van der Waals surface area contributed by atoms with E-state index in [9.17, 15) is 0 Å². The minimum atomic E-state index is 0.300. The molecule has 2 aromatic carbocycles. The van der Waals surface area contributed by atoms with Gasteiger partial charge in [-0.25, -0.2) is 0 Å². The van der Waals surface area contributed by atoms with E-state index in [1.54, 1.807) is 0 Å². The molecule has 0 N–H and O–H groups in total. The van der Waals surface area contributed by atoms with Crippen molar-refractivity contribution >= 4 is 43.5 Å². The summed E-state index contributed by atoms with van der Waals surface area (Å²) in [5, 5.41) is 0.744. The van der Waals surface area contributed by atoms with E-state index in [0.29, 0.717) is 4.83 Å². The van der Waals surface area contributed by atoms with Gasteiger partial charge in [0.2, 0.25) is 0 Å². The van der Waals surface area contributed by atoms with Gasteiger partial charge in [-0.05, 0) is 52.5 Å². The van der Waals surface area contributed by atoms with Crippen molar-refractivity contribution in [1.82, 2.24) is 0 Å². The van der Waals surface area contributed by atoms with Crippen LogP contribution in [0.5, 0.6) is 0 Å². The van der Waals surface area contributed by atoms with Crippen molar-refractivity contribution in [2.45, 2.75) is 18.2 Å². The average Bonchev–Trinajstić information content (AvgIpc) is 2.35. The molecule has 1 unspecified atom stereocenters. The van der Waals surface area contributed by atoms with E-state index >= 15 is 0 Å². The molecule has 0 aliphatic heterocycles. The molecule has 94 valence electrons. The molecule has 0 nitrogen and oxygen atoms in total. The predicted molar refractivity (Wildman–Crippen MR) is 85.7 cm³/mol. The number of hydrogen-bond donors (Lipinski definition) is 0. The maximum atomic E-state index is 6.00. The molecule has 0 saturated heterocycles. The van der Waals surface area contributed by atoms with Crippen molar-refractivity contribution in [3.8, 4) is 0 Å². The summed E-state index contributed by atoms with van der Waals surface area (Å²) >= 11 is 13.2. The maximum Gasteiger partial charge on any atom is 0.0548 e. The lowest BCUT2D eigenvalue weighted by Crippen LogP contribution is -1.95. The first kappa shape index (κ1) is 14.1. The predicted octanol–water partition coefficient (Wildman–Crippen LogP) is 6.09. The van der Waals surface area contributed by atoms with Gasteiger partial charge in [0.15, 0.2) is 0 Å². The topological polar surface area (TPSA) is 0 Å². The fourth-order valence-corrected chi connectivity index (χ4v) is 2.93. The van der Waals surface area contributed by atoms with Crippen molar-refractivity contribution in [2.75, 3.05) is 0 Å². The van der Waals surface area contributed by atoms with Crippen LogP contribution in [-0.2, 0) is 6.42 Å². The molecule has 0 heterocycles. The molecule has 0 aliphatic carbocycles. The van der Waals surface area contributed by atoms with Gasteiger partial charge in [-0.2, -0.15) is 0 Å². The monoisotopic (exact) mass is 386 g/mol. The van der Waals surface area contributed by atoms with Crippen LogP contribution in [0.2, 0.25) is 5.02 Å². The summed E-state index contributed by atoms with van der Waals surface area (Å²) in [6.45, 7) is 2.10. The van der Waals surface area contributed by atoms with Crippen LogP contribution in [0, 0.1) is 6.92 Å². The van der Waals surface area contributed by atoms with Gasteiger partial charge in [0.1, 0.15) is 0 Å². The van der Waals surface area contributed by atoms with Crippen LogP contribution in [0.4, 0.5) is 0 Å². The van der Waals surface area contributed by atoms with E-state index in [1.165, 1.54) is 16.7 Å². The summed E-state index contributed by atoms with van der Waals surface area (Å²) in [6.07, 6.45) is 0.967. The largest absolute Gasteiger partial charge is 0.0835 e. The molecule has 0 saturated carbocycles. The Kier molecular flexibility index (Phi) is 4.88. The number of aryl methyl sites for hydroxylation is 1. The Labute approximate surface area is 130 Å². The van der Waals surface area contributed by atoms with E-state index in [2.05, 4.69) is 75.2 Å². The second-order valence-corrected chi connectivity index (χ2v) is 6.70. The van der Waals surface area contributed by atoms with Gasteiger partial charge in [-0.3, -0.25) is 0 Å². The van der Waals surface area contributed by atoms with Gasteiger partial charge in [0.25, 0.3) is 0 Å². The molecule has 3 heteroatoms. The van der Waals surface area contributed by atoms with Gasteiger partial charge in [0, 0.05) is 9.30 Å². The zero-order chi connectivity index (χ0) is 13.1. The Bertz CT molecular complexity index is 535. The van der Waals surface area contributed by atoms with Crippen molar-refractivity contribution in [2.24, 2.45) is 0 Å². The second-order valence-electron chi connectivity index (χ2n) is 4.33. The van der Waals surface area contributed by atoms with Crippen LogP contribution in [0.15, 0.2) is 46.9 Å². The zero-order valence-electron chi connectivity index (χ0n) is 9.96. The summed E-state index contributed by atoms with van der Waals surface area (Å²) in [6, 6.07) is 14.7. The molecule has 2 aromatic rings. The molecule has 0 aromatic heterocycles. The van der Waals surface area contributed by atoms with E-state index in [4.69, 9.17) is 11.6 Å². The van der Waals surface area contributed by atoms with Crippen LogP contribution >= 0.6 is 43.5 Å². The lowest BCUT2D eigenvalue weighted by molar-refractivity contribution is 0.947. The average molecular weight is 389 g/mol. The quantitative estimate of drug-likeness (QED) is 0.558. The minimum absolute atomic E-state index is 0.300. The number of alkyl halides is 1. The zero-order valence-corrected chi connectivity index (χ0v) is 13.9. The van der Waals surface area contributed by atoms with E-state index in [0.717, 1.165) is 15.9 Å². The fourth-order valence-electron chi connectivity index (χ4n) is 1.76. The molecule has 0 aliphatic rings. The van der Waals surface area contributed by atoms with Crippen LogP contribution in [0.25, 0.3) is 0 Å². The summed E-state index contributed by atoms with van der Waals surface area (Å²) in [5.74, 6) is 0. The molecule has 0 radical (unpaired) electrons. The fraction of sp³-hybridized carbons (Fsp3) is 0.200. The highest BCUT2D eigenvalue weighted by Gasteiger charge is 2.10. The van der Waals surface area contributed by atoms with Crippen LogP contribution < -0.4 is 0 Å². The first-order valence-corrected chi connectivity index (χ1v) is 7.79. The van der Waals surface area contributed by atoms with Crippen LogP contribution in [0.3, 0.4) is 0 Å². The molecule has 0 bridgehead atoms. The third-order valence-electron chi connectivity index (χ3n) is 2.84. The minimum Gasteiger partial charge on any atom is -0.0835 e. The van der Waals surface area contributed by atoms with Crippen molar-refractivity contribution in [3.63, 3.8) is 0 Å². The lowest BCUT2D eigenvalue weighted by Gasteiger charge is -2.11. The normalized spacial score (nSPS) is 12.4. The molecular formula is C15H13Br2Cl. The Morgan fingerprint density at radius 1 is 1.11 bits per heavy atom. The molecule has 0 fully saturated rings. The SMILES string of the molecule is Cc1ccc(CC(Br)c2ccc(Cl)c(Br)c2)cc1. The Balaban J connectivity index is 2.13. The lowest BCUT2D eigenvalue weighted by atomic mass is 10.0. The molecule has 18 heavy (non-hydrogen) atoms. The van der Waals surface area contributed by atoms with Gasteiger partial charge >= 0.3 is 0 Å². The van der Waals surface area contributed by atoms with Crippen molar-refractivity contribution < 1.29 is 0 Å². The number of hydrogen-bond acceptors (Lipinski definition) is 0. The summed E-state index contributed by atoms with van der Waals surface area (Å²) < 4.78 is 0.940. The molecule has 1 atom stereocenters. The highest BCUT2D eigenvalue weighted by molar-refractivity contribution is 9.10. The molecule has 2 rings (SSSR count). The van der Waals surface area contributed by atoms with Gasteiger partial charge in [-0.15, -0.1) is 0 Å².